The standard InChI is InChI=1S/C23H23NO5/c1-27-16-7-5-15(6-8-16)11-12-24-22(25)14-28-17-9-10-19-18-3-2-4-20(18)23(26)29-21(19)13-17/h5-10,13H,2-4,11-12,14H2,1H3,(H,24,25). The van der Waals surface area contributed by atoms with E-state index >= 15 is 0 Å². The molecule has 1 amide bonds. The highest BCUT2D eigenvalue weighted by Crippen LogP contribution is 2.29. The van der Waals surface area contributed by atoms with Crippen LogP contribution in [-0.4, -0.2) is 26.2 Å². The molecule has 29 heavy (non-hydrogen) atoms. The van der Waals surface area contributed by atoms with E-state index in [2.05, 4.69) is 5.32 Å². The third-order valence-corrected chi connectivity index (χ3v) is 5.21. The minimum Gasteiger partial charge on any atom is -0.497 e. The van der Waals surface area contributed by atoms with Crippen molar-refractivity contribution in [1.29, 1.82) is 0 Å². The summed E-state index contributed by atoms with van der Waals surface area (Å²) in [6.07, 6.45) is 3.38. The number of methoxy groups -OCH3 is 1. The molecule has 0 bridgehead atoms. The maximum atomic E-state index is 12.1. The Kier molecular flexibility index (Phi) is 5.51. The molecule has 0 radical (unpaired) electrons. The number of hydrogen-bond donors (Lipinski definition) is 1. The fourth-order valence-electron chi connectivity index (χ4n) is 3.69. The molecule has 1 aliphatic carbocycles. The van der Waals surface area contributed by atoms with E-state index < -0.39 is 0 Å². The molecule has 4 rings (SSSR count). The van der Waals surface area contributed by atoms with Gasteiger partial charge in [0.2, 0.25) is 0 Å². The summed E-state index contributed by atoms with van der Waals surface area (Å²) in [5, 5.41) is 3.79. The molecule has 1 aliphatic rings. The molecule has 1 N–H and O–H groups in total. The fraction of sp³-hybridized carbons (Fsp3) is 0.304. The van der Waals surface area contributed by atoms with E-state index in [9.17, 15) is 9.59 Å². The maximum absolute atomic E-state index is 12.1. The predicted molar refractivity (Wildman–Crippen MR) is 110 cm³/mol. The lowest BCUT2D eigenvalue weighted by molar-refractivity contribution is -0.123. The Morgan fingerprint density at radius 3 is 2.62 bits per heavy atom. The normalized spacial score (nSPS) is 12.6. The van der Waals surface area contributed by atoms with Gasteiger partial charge in [0.15, 0.2) is 6.61 Å². The topological polar surface area (TPSA) is 77.8 Å². The zero-order valence-electron chi connectivity index (χ0n) is 16.3. The highest BCUT2D eigenvalue weighted by Gasteiger charge is 2.19. The van der Waals surface area contributed by atoms with E-state index in [0.29, 0.717) is 17.9 Å². The Balaban J connectivity index is 1.31. The smallest absolute Gasteiger partial charge is 0.339 e. The Labute approximate surface area is 168 Å². The van der Waals surface area contributed by atoms with Crippen molar-refractivity contribution < 1.29 is 18.7 Å². The van der Waals surface area contributed by atoms with Crippen LogP contribution in [0.4, 0.5) is 0 Å². The van der Waals surface area contributed by atoms with E-state index in [1.54, 1.807) is 13.2 Å². The second-order valence-corrected chi connectivity index (χ2v) is 7.09. The van der Waals surface area contributed by atoms with Gasteiger partial charge >= 0.3 is 5.63 Å². The molecule has 0 unspecified atom stereocenters. The van der Waals surface area contributed by atoms with Gasteiger partial charge in [-0.15, -0.1) is 0 Å². The lowest BCUT2D eigenvalue weighted by Crippen LogP contribution is -2.30. The Morgan fingerprint density at radius 1 is 1.07 bits per heavy atom. The van der Waals surface area contributed by atoms with Gasteiger partial charge in [-0.2, -0.15) is 0 Å². The van der Waals surface area contributed by atoms with Gasteiger partial charge in [0.05, 0.1) is 7.11 Å². The first-order valence-electron chi connectivity index (χ1n) is 9.75. The number of fused-ring (bicyclic) bond motifs is 3. The SMILES string of the molecule is COc1ccc(CCNC(=O)COc2ccc3c4c(c(=O)oc3c2)CCC4)cc1. The summed E-state index contributed by atoms with van der Waals surface area (Å²) in [6.45, 7) is 0.427. The quantitative estimate of drug-likeness (QED) is 0.625. The first-order chi connectivity index (χ1) is 14.1. The summed E-state index contributed by atoms with van der Waals surface area (Å²) in [5.41, 5.74) is 3.23. The number of aryl methyl sites for hydroxylation is 1. The molecule has 0 spiro atoms. The monoisotopic (exact) mass is 393 g/mol. The average Bonchev–Trinajstić information content (AvgIpc) is 3.23. The molecule has 3 aromatic rings. The van der Waals surface area contributed by atoms with Gasteiger partial charge in [-0.05, 0) is 61.1 Å². The van der Waals surface area contributed by atoms with Gasteiger partial charge < -0.3 is 19.2 Å². The van der Waals surface area contributed by atoms with Crippen molar-refractivity contribution in [1.82, 2.24) is 5.32 Å². The summed E-state index contributed by atoms with van der Waals surface area (Å²) >= 11 is 0. The van der Waals surface area contributed by atoms with Gasteiger partial charge in [-0.25, -0.2) is 4.79 Å². The summed E-state index contributed by atoms with van der Waals surface area (Å²) < 4.78 is 16.1. The summed E-state index contributed by atoms with van der Waals surface area (Å²) in [6, 6.07) is 13.1. The van der Waals surface area contributed by atoms with E-state index in [0.717, 1.165) is 53.5 Å². The van der Waals surface area contributed by atoms with Crippen LogP contribution < -0.4 is 20.4 Å². The lowest BCUT2D eigenvalue weighted by atomic mass is 10.1. The predicted octanol–water partition coefficient (Wildman–Crippen LogP) is 3.03. The Bertz CT molecular complexity index is 1080. The number of amides is 1. The molecule has 0 atom stereocenters. The van der Waals surface area contributed by atoms with Gasteiger partial charge in [-0.1, -0.05) is 12.1 Å². The van der Waals surface area contributed by atoms with E-state index in [4.69, 9.17) is 13.9 Å². The van der Waals surface area contributed by atoms with Crippen molar-refractivity contribution in [3.63, 3.8) is 0 Å². The number of rotatable bonds is 7. The molecule has 0 saturated carbocycles. The number of hydrogen-bond acceptors (Lipinski definition) is 5. The molecule has 0 aliphatic heterocycles. The number of ether oxygens (including phenoxy) is 2. The molecule has 6 nitrogen and oxygen atoms in total. The maximum Gasteiger partial charge on any atom is 0.339 e. The van der Waals surface area contributed by atoms with Crippen LogP contribution in [0.5, 0.6) is 11.5 Å². The molecule has 1 aromatic heterocycles. The minimum atomic E-state index is -0.265. The highest BCUT2D eigenvalue weighted by molar-refractivity contribution is 5.83. The third kappa shape index (κ3) is 4.26. The zero-order chi connectivity index (χ0) is 20.2. The van der Waals surface area contributed by atoms with Crippen LogP contribution in [0.15, 0.2) is 51.7 Å². The zero-order valence-corrected chi connectivity index (χ0v) is 16.3. The molecule has 0 saturated heterocycles. The number of carbonyl (C=O) groups is 1. The first kappa shape index (κ1) is 19.1. The fourth-order valence-corrected chi connectivity index (χ4v) is 3.69. The van der Waals surface area contributed by atoms with Crippen LogP contribution in [0.2, 0.25) is 0 Å². The number of benzene rings is 2. The van der Waals surface area contributed by atoms with E-state index in [1.807, 2.05) is 36.4 Å². The highest BCUT2D eigenvalue weighted by atomic mass is 16.5. The van der Waals surface area contributed by atoms with Crippen LogP contribution in [0.3, 0.4) is 0 Å². The van der Waals surface area contributed by atoms with E-state index in [1.165, 1.54) is 0 Å². The van der Waals surface area contributed by atoms with Crippen molar-refractivity contribution in [2.45, 2.75) is 25.7 Å². The van der Waals surface area contributed by atoms with Crippen LogP contribution >= 0.6 is 0 Å². The number of nitrogens with one attached hydrogen (secondary N) is 1. The third-order valence-electron chi connectivity index (χ3n) is 5.21. The molecular weight excluding hydrogens is 370 g/mol. The van der Waals surface area contributed by atoms with Crippen LogP contribution in [0, 0.1) is 0 Å². The molecule has 1 heterocycles. The Morgan fingerprint density at radius 2 is 1.83 bits per heavy atom. The molecule has 150 valence electrons. The van der Waals surface area contributed by atoms with Crippen molar-refractivity contribution in [3.8, 4) is 11.5 Å². The van der Waals surface area contributed by atoms with Crippen LogP contribution in [0.25, 0.3) is 11.0 Å². The largest absolute Gasteiger partial charge is 0.497 e. The summed E-state index contributed by atoms with van der Waals surface area (Å²) in [4.78, 5) is 24.1. The van der Waals surface area contributed by atoms with Gasteiger partial charge in [0.1, 0.15) is 17.1 Å². The lowest BCUT2D eigenvalue weighted by Gasteiger charge is -2.09. The van der Waals surface area contributed by atoms with Gasteiger partial charge in [0.25, 0.3) is 5.91 Å². The summed E-state index contributed by atoms with van der Waals surface area (Å²) in [7, 11) is 1.63. The molecule has 6 heteroatoms. The molecule has 0 fully saturated rings. The van der Waals surface area contributed by atoms with Crippen LogP contribution in [-0.2, 0) is 24.1 Å². The summed E-state index contributed by atoms with van der Waals surface area (Å²) in [5.74, 6) is 1.11. The molecular formula is C23H23NO5. The van der Waals surface area contributed by atoms with Crippen LogP contribution in [0.1, 0.15) is 23.1 Å². The van der Waals surface area contributed by atoms with Crippen molar-refractivity contribution in [2.24, 2.45) is 0 Å². The van der Waals surface area contributed by atoms with Crippen molar-refractivity contribution >= 4 is 16.9 Å². The van der Waals surface area contributed by atoms with Gasteiger partial charge in [0, 0.05) is 23.6 Å². The van der Waals surface area contributed by atoms with Crippen molar-refractivity contribution in [3.05, 3.63) is 69.6 Å². The minimum absolute atomic E-state index is 0.0940. The second kappa shape index (κ2) is 8.39. The van der Waals surface area contributed by atoms with Gasteiger partial charge in [-0.3, -0.25) is 4.79 Å². The van der Waals surface area contributed by atoms with E-state index in [-0.39, 0.29) is 18.1 Å². The number of carbonyl (C=O) groups excluding carboxylic acids is 1. The Hall–Kier alpha value is -3.28. The average molecular weight is 393 g/mol. The second-order valence-electron chi connectivity index (χ2n) is 7.09. The first-order valence-corrected chi connectivity index (χ1v) is 9.75. The van der Waals surface area contributed by atoms with Crippen molar-refractivity contribution in [2.75, 3.05) is 20.3 Å². The molecule has 2 aromatic carbocycles.